The maximum absolute atomic E-state index is 12.6. The van der Waals surface area contributed by atoms with Gasteiger partial charge in [-0.05, 0) is 24.6 Å². The Balaban J connectivity index is 0.00000220. The molecular weight excluding hydrogens is 296 g/mol. The van der Waals surface area contributed by atoms with Gasteiger partial charge in [0.15, 0.2) is 6.04 Å². The number of anilines is 1. The number of carbonyl (C=O) groups excluding carboxylic acids is 2. The van der Waals surface area contributed by atoms with Crippen LogP contribution in [-0.4, -0.2) is 49.7 Å². The molecule has 1 amide bonds. The SMILES string of the molecule is COC(=O)C1COCCN1C(=O)c1cc(N)ccc1C.Cl. The number of nitrogen functional groups attached to an aromatic ring is 1. The number of hydrogen-bond donors (Lipinski definition) is 1. The fourth-order valence-corrected chi connectivity index (χ4v) is 2.20. The molecule has 0 aromatic heterocycles. The summed E-state index contributed by atoms with van der Waals surface area (Å²) in [5, 5.41) is 0. The summed E-state index contributed by atoms with van der Waals surface area (Å²) in [7, 11) is 1.30. The smallest absolute Gasteiger partial charge is 0.331 e. The standard InChI is InChI=1S/C14H18N2O4.ClH/c1-9-3-4-10(15)7-11(9)13(17)16-5-6-20-8-12(16)14(18)19-2;/h3-4,7,12H,5-6,8,15H2,1-2H3;1H. The lowest BCUT2D eigenvalue weighted by molar-refractivity contribution is -0.151. The molecule has 1 fully saturated rings. The fourth-order valence-electron chi connectivity index (χ4n) is 2.20. The van der Waals surface area contributed by atoms with Gasteiger partial charge < -0.3 is 20.1 Å². The highest BCUT2D eigenvalue weighted by Gasteiger charge is 2.34. The predicted octanol–water partition coefficient (Wildman–Crippen LogP) is 1.01. The largest absolute Gasteiger partial charge is 0.467 e. The summed E-state index contributed by atoms with van der Waals surface area (Å²) >= 11 is 0. The summed E-state index contributed by atoms with van der Waals surface area (Å²) in [6, 6.07) is 4.45. The molecule has 7 heteroatoms. The van der Waals surface area contributed by atoms with E-state index >= 15 is 0 Å². The van der Waals surface area contributed by atoms with E-state index in [4.69, 9.17) is 15.2 Å². The molecule has 0 saturated carbocycles. The van der Waals surface area contributed by atoms with Crippen molar-refractivity contribution in [3.8, 4) is 0 Å². The van der Waals surface area contributed by atoms with Crippen LogP contribution in [0.3, 0.4) is 0 Å². The summed E-state index contributed by atoms with van der Waals surface area (Å²) in [4.78, 5) is 25.8. The number of nitrogens with two attached hydrogens (primary N) is 1. The van der Waals surface area contributed by atoms with Gasteiger partial charge in [-0.1, -0.05) is 6.07 Å². The number of halogens is 1. The zero-order chi connectivity index (χ0) is 14.7. The molecule has 1 aromatic rings. The van der Waals surface area contributed by atoms with Gasteiger partial charge in [0.1, 0.15) is 0 Å². The van der Waals surface area contributed by atoms with Gasteiger partial charge in [0.2, 0.25) is 0 Å². The first-order valence-corrected chi connectivity index (χ1v) is 6.37. The van der Waals surface area contributed by atoms with E-state index in [0.29, 0.717) is 24.4 Å². The molecule has 1 aromatic carbocycles. The lowest BCUT2D eigenvalue weighted by Gasteiger charge is -2.34. The van der Waals surface area contributed by atoms with Crippen LogP contribution in [0.1, 0.15) is 15.9 Å². The molecule has 6 nitrogen and oxygen atoms in total. The van der Waals surface area contributed by atoms with Gasteiger partial charge in [-0.3, -0.25) is 4.79 Å². The van der Waals surface area contributed by atoms with E-state index in [1.807, 2.05) is 6.92 Å². The van der Waals surface area contributed by atoms with Crippen molar-refractivity contribution >= 4 is 30.0 Å². The van der Waals surface area contributed by atoms with Gasteiger partial charge >= 0.3 is 5.97 Å². The molecule has 1 unspecified atom stereocenters. The molecule has 1 aliphatic heterocycles. The zero-order valence-corrected chi connectivity index (χ0v) is 12.8. The van der Waals surface area contributed by atoms with E-state index in [9.17, 15) is 9.59 Å². The Morgan fingerprint density at radius 3 is 2.81 bits per heavy atom. The first-order chi connectivity index (χ1) is 9.54. The first-order valence-electron chi connectivity index (χ1n) is 6.37. The van der Waals surface area contributed by atoms with E-state index in [0.717, 1.165) is 5.56 Å². The number of methoxy groups -OCH3 is 1. The minimum absolute atomic E-state index is 0. The molecule has 0 aliphatic carbocycles. The van der Waals surface area contributed by atoms with Crippen molar-refractivity contribution in [2.24, 2.45) is 0 Å². The molecule has 0 radical (unpaired) electrons. The summed E-state index contributed by atoms with van der Waals surface area (Å²) in [5.41, 5.74) is 7.56. The third-order valence-electron chi connectivity index (χ3n) is 3.35. The van der Waals surface area contributed by atoms with Crippen LogP contribution in [0.4, 0.5) is 5.69 Å². The van der Waals surface area contributed by atoms with E-state index in [-0.39, 0.29) is 24.9 Å². The Morgan fingerprint density at radius 2 is 2.14 bits per heavy atom. The number of rotatable bonds is 2. The van der Waals surface area contributed by atoms with Crippen LogP contribution in [0.5, 0.6) is 0 Å². The van der Waals surface area contributed by atoms with Crippen molar-refractivity contribution in [1.29, 1.82) is 0 Å². The fraction of sp³-hybridized carbons (Fsp3) is 0.429. The van der Waals surface area contributed by atoms with Crippen LogP contribution in [0.25, 0.3) is 0 Å². The molecular formula is C14H19ClN2O4. The van der Waals surface area contributed by atoms with Crippen molar-refractivity contribution in [2.45, 2.75) is 13.0 Å². The lowest BCUT2D eigenvalue weighted by atomic mass is 10.1. The second-order valence-corrected chi connectivity index (χ2v) is 4.69. The zero-order valence-electron chi connectivity index (χ0n) is 12.0. The molecule has 0 spiro atoms. The van der Waals surface area contributed by atoms with E-state index < -0.39 is 12.0 Å². The number of ether oxygens (including phenoxy) is 2. The highest BCUT2D eigenvalue weighted by Crippen LogP contribution is 2.18. The molecule has 116 valence electrons. The average Bonchev–Trinajstić information content (AvgIpc) is 2.48. The van der Waals surface area contributed by atoms with Crippen LogP contribution in [0.15, 0.2) is 18.2 Å². The Morgan fingerprint density at radius 1 is 1.43 bits per heavy atom. The van der Waals surface area contributed by atoms with Crippen molar-refractivity contribution in [1.82, 2.24) is 4.90 Å². The Kier molecular flexibility index (Phi) is 5.99. The molecule has 1 atom stereocenters. The molecule has 1 saturated heterocycles. The van der Waals surface area contributed by atoms with Gasteiger partial charge in [-0.25, -0.2) is 4.79 Å². The summed E-state index contributed by atoms with van der Waals surface area (Å²) in [5.74, 6) is -0.701. The first kappa shape index (κ1) is 17.3. The number of hydrogen-bond acceptors (Lipinski definition) is 5. The highest BCUT2D eigenvalue weighted by molar-refractivity contribution is 5.98. The normalized spacial score (nSPS) is 17.8. The quantitative estimate of drug-likeness (QED) is 0.651. The van der Waals surface area contributed by atoms with E-state index in [1.165, 1.54) is 12.0 Å². The van der Waals surface area contributed by atoms with Crippen LogP contribution in [0, 0.1) is 6.92 Å². The second-order valence-electron chi connectivity index (χ2n) is 4.69. The van der Waals surface area contributed by atoms with Crippen molar-refractivity contribution in [2.75, 3.05) is 32.6 Å². The highest BCUT2D eigenvalue weighted by atomic mass is 35.5. The maximum atomic E-state index is 12.6. The third kappa shape index (κ3) is 3.65. The monoisotopic (exact) mass is 314 g/mol. The molecule has 1 heterocycles. The average molecular weight is 315 g/mol. The van der Waals surface area contributed by atoms with Crippen LogP contribution in [0.2, 0.25) is 0 Å². The van der Waals surface area contributed by atoms with Crippen LogP contribution >= 0.6 is 12.4 Å². The molecule has 2 N–H and O–H groups in total. The van der Waals surface area contributed by atoms with Gasteiger partial charge in [-0.15, -0.1) is 12.4 Å². The lowest BCUT2D eigenvalue weighted by Crippen LogP contribution is -2.53. The van der Waals surface area contributed by atoms with Crippen LogP contribution in [-0.2, 0) is 14.3 Å². The minimum atomic E-state index is -0.706. The van der Waals surface area contributed by atoms with Gasteiger partial charge in [0, 0.05) is 17.8 Å². The van der Waals surface area contributed by atoms with Gasteiger partial charge in [0.25, 0.3) is 5.91 Å². The number of carbonyl (C=O) groups is 2. The Labute approximate surface area is 129 Å². The summed E-state index contributed by atoms with van der Waals surface area (Å²) in [6.45, 7) is 2.74. The predicted molar refractivity (Wildman–Crippen MR) is 80.5 cm³/mol. The van der Waals surface area contributed by atoms with Crippen LogP contribution < -0.4 is 5.73 Å². The van der Waals surface area contributed by atoms with Gasteiger partial charge in [0.05, 0.1) is 20.3 Å². The van der Waals surface area contributed by atoms with Crippen molar-refractivity contribution < 1.29 is 19.1 Å². The number of amides is 1. The van der Waals surface area contributed by atoms with E-state index in [2.05, 4.69) is 0 Å². The number of nitrogens with zero attached hydrogens (tertiary/aromatic N) is 1. The maximum Gasteiger partial charge on any atom is 0.331 e. The van der Waals surface area contributed by atoms with Crippen molar-refractivity contribution in [3.63, 3.8) is 0 Å². The number of esters is 1. The Bertz CT molecular complexity index is 536. The second kappa shape index (κ2) is 7.28. The number of aryl methyl sites for hydroxylation is 1. The number of benzene rings is 1. The molecule has 21 heavy (non-hydrogen) atoms. The van der Waals surface area contributed by atoms with Gasteiger partial charge in [-0.2, -0.15) is 0 Å². The summed E-state index contributed by atoms with van der Waals surface area (Å²) < 4.78 is 9.98. The molecule has 0 bridgehead atoms. The number of morpholine rings is 1. The topological polar surface area (TPSA) is 81.9 Å². The third-order valence-corrected chi connectivity index (χ3v) is 3.35. The Hall–Kier alpha value is -1.79. The summed E-state index contributed by atoms with van der Waals surface area (Å²) in [6.07, 6.45) is 0. The molecule has 2 rings (SSSR count). The van der Waals surface area contributed by atoms with Crippen molar-refractivity contribution in [3.05, 3.63) is 29.3 Å². The molecule has 1 aliphatic rings. The van der Waals surface area contributed by atoms with E-state index in [1.54, 1.807) is 18.2 Å². The minimum Gasteiger partial charge on any atom is -0.467 e.